The molecule has 2 aliphatic carbocycles. The second-order valence-electron chi connectivity index (χ2n) is 7.10. The fourth-order valence-corrected chi connectivity index (χ4v) is 4.08. The molecule has 0 aromatic carbocycles. The van der Waals surface area contributed by atoms with Crippen molar-refractivity contribution in [1.29, 1.82) is 0 Å². The topological polar surface area (TPSA) is 77.5 Å². The SMILES string of the molecule is C=CC(=O)C1(C(=O)OC(=O)C2(C(=O)C=C)CCCCC2)CCCCC1. The van der Waals surface area contributed by atoms with E-state index in [1.165, 1.54) is 0 Å². The minimum Gasteiger partial charge on any atom is -0.392 e. The van der Waals surface area contributed by atoms with Crippen LogP contribution in [0, 0.1) is 10.8 Å². The molecule has 0 unspecified atom stereocenters. The number of ether oxygens (including phenoxy) is 1. The molecular weight excluding hydrogens is 320 g/mol. The first kappa shape index (κ1) is 19.3. The molecule has 2 fully saturated rings. The molecule has 2 saturated carbocycles. The molecule has 136 valence electrons. The van der Waals surface area contributed by atoms with Crippen LogP contribution in [-0.2, 0) is 23.9 Å². The van der Waals surface area contributed by atoms with Crippen LogP contribution in [0.3, 0.4) is 0 Å². The van der Waals surface area contributed by atoms with Gasteiger partial charge in [0.25, 0.3) is 0 Å². The molecule has 0 aliphatic heterocycles. The molecule has 2 aliphatic rings. The minimum absolute atomic E-state index is 0.354. The van der Waals surface area contributed by atoms with Gasteiger partial charge in [0.05, 0.1) is 0 Å². The highest BCUT2D eigenvalue weighted by Crippen LogP contribution is 2.42. The second-order valence-corrected chi connectivity index (χ2v) is 7.10. The summed E-state index contributed by atoms with van der Waals surface area (Å²) in [5.41, 5.74) is -2.66. The van der Waals surface area contributed by atoms with Crippen molar-refractivity contribution in [2.24, 2.45) is 10.8 Å². The third-order valence-electron chi connectivity index (χ3n) is 5.70. The first-order chi connectivity index (χ1) is 11.9. The van der Waals surface area contributed by atoms with Crippen molar-refractivity contribution in [2.75, 3.05) is 0 Å². The third-order valence-corrected chi connectivity index (χ3v) is 5.70. The summed E-state index contributed by atoms with van der Waals surface area (Å²) < 4.78 is 5.17. The number of allylic oxidation sites excluding steroid dienone is 2. The highest BCUT2D eigenvalue weighted by molar-refractivity contribution is 6.15. The minimum atomic E-state index is -1.33. The molecule has 0 aromatic rings. The van der Waals surface area contributed by atoms with Crippen LogP contribution in [0.25, 0.3) is 0 Å². The zero-order valence-corrected chi connectivity index (χ0v) is 14.7. The van der Waals surface area contributed by atoms with E-state index >= 15 is 0 Å². The van der Waals surface area contributed by atoms with Crippen molar-refractivity contribution in [3.8, 4) is 0 Å². The monoisotopic (exact) mass is 346 g/mol. The van der Waals surface area contributed by atoms with Gasteiger partial charge in [-0.2, -0.15) is 0 Å². The van der Waals surface area contributed by atoms with Crippen molar-refractivity contribution in [1.82, 2.24) is 0 Å². The van der Waals surface area contributed by atoms with E-state index in [0.29, 0.717) is 25.7 Å². The predicted octanol–water partition coefficient (Wildman–Crippen LogP) is 3.47. The lowest BCUT2D eigenvalue weighted by Gasteiger charge is -2.35. The first-order valence-corrected chi connectivity index (χ1v) is 9.03. The van der Waals surface area contributed by atoms with Gasteiger partial charge in [-0.05, 0) is 37.8 Å². The Balaban J connectivity index is 2.25. The highest BCUT2D eigenvalue weighted by atomic mass is 16.6. The third kappa shape index (κ3) is 3.51. The number of esters is 2. The van der Waals surface area contributed by atoms with Crippen molar-refractivity contribution >= 4 is 23.5 Å². The summed E-state index contributed by atoms with van der Waals surface area (Å²) in [6.45, 7) is 6.96. The summed E-state index contributed by atoms with van der Waals surface area (Å²) in [7, 11) is 0. The largest absolute Gasteiger partial charge is 0.392 e. The molecule has 0 atom stereocenters. The van der Waals surface area contributed by atoms with E-state index in [1.54, 1.807) is 0 Å². The van der Waals surface area contributed by atoms with Crippen LogP contribution in [-0.4, -0.2) is 23.5 Å². The van der Waals surface area contributed by atoms with Gasteiger partial charge < -0.3 is 4.74 Å². The molecule has 5 nitrogen and oxygen atoms in total. The lowest BCUT2D eigenvalue weighted by molar-refractivity contribution is -0.177. The van der Waals surface area contributed by atoms with Crippen molar-refractivity contribution in [2.45, 2.75) is 64.2 Å². The number of carbonyl (C=O) groups excluding carboxylic acids is 4. The van der Waals surface area contributed by atoms with Crippen molar-refractivity contribution in [3.05, 3.63) is 25.3 Å². The van der Waals surface area contributed by atoms with Crippen LogP contribution in [0.1, 0.15) is 64.2 Å². The summed E-state index contributed by atoms with van der Waals surface area (Å²) in [6, 6.07) is 0. The van der Waals surface area contributed by atoms with Crippen LogP contribution in [0.4, 0.5) is 0 Å². The smallest absolute Gasteiger partial charge is 0.327 e. The van der Waals surface area contributed by atoms with Gasteiger partial charge in [-0.3, -0.25) is 19.2 Å². The molecule has 0 spiro atoms. The van der Waals surface area contributed by atoms with Crippen LogP contribution in [0.5, 0.6) is 0 Å². The fraction of sp³-hybridized carbons (Fsp3) is 0.600. The Kier molecular flexibility index (Phi) is 6.09. The van der Waals surface area contributed by atoms with Crippen LogP contribution in [0.15, 0.2) is 25.3 Å². The molecule has 5 heteroatoms. The quantitative estimate of drug-likeness (QED) is 0.418. The Morgan fingerprint density at radius 1 is 0.640 bits per heavy atom. The summed E-state index contributed by atoms with van der Waals surface area (Å²) in [4.78, 5) is 50.2. The van der Waals surface area contributed by atoms with Crippen LogP contribution < -0.4 is 0 Å². The van der Waals surface area contributed by atoms with E-state index in [-0.39, 0.29) is 0 Å². The van der Waals surface area contributed by atoms with Crippen molar-refractivity contribution < 1.29 is 23.9 Å². The molecular formula is C20H26O5. The highest BCUT2D eigenvalue weighted by Gasteiger charge is 2.51. The number of rotatable bonds is 6. The van der Waals surface area contributed by atoms with E-state index in [2.05, 4.69) is 13.2 Å². The van der Waals surface area contributed by atoms with Gasteiger partial charge in [-0.1, -0.05) is 51.7 Å². The molecule has 2 rings (SSSR count). The Morgan fingerprint density at radius 2 is 0.960 bits per heavy atom. The summed E-state index contributed by atoms with van der Waals surface area (Å²) in [6.07, 6.45) is 8.43. The first-order valence-electron chi connectivity index (χ1n) is 9.03. The molecule has 0 amide bonds. The van der Waals surface area contributed by atoms with Gasteiger partial charge in [-0.25, -0.2) is 0 Å². The predicted molar refractivity (Wildman–Crippen MR) is 92.5 cm³/mol. The second kappa shape index (κ2) is 7.89. The maximum absolute atomic E-state index is 12.8. The van der Waals surface area contributed by atoms with E-state index in [4.69, 9.17) is 4.74 Å². The zero-order chi connectivity index (χ0) is 18.5. The summed E-state index contributed by atoms with van der Waals surface area (Å²) in [5, 5.41) is 0. The molecule has 0 bridgehead atoms. The lowest BCUT2D eigenvalue weighted by atomic mass is 9.70. The summed E-state index contributed by atoms with van der Waals surface area (Å²) >= 11 is 0. The van der Waals surface area contributed by atoms with Gasteiger partial charge in [0.1, 0.15) is 10.8 Å². The zero-order valence-electron chi connectivity index (χ0n) is 14.7. The fourth-order valence-electron chi connectivity index (χ4n) is 4.08. The Labute approximate surface area is 148 Å². The van der Waals surface area contributed by atoms with Crippen LogP contribution in [0.2, 0.25) is 0 Å². The lowest BCUT2D eigenvalue weighted by Crippen LogP contribution is -2.47. The number of hydrogen-bond donors (Lipinski definition) is 0. The number of ketones is 2. The van der Waals surface area contributed by atoms with Gasteiger partial charge >= 0.3 is 11.9 Å². The number of hydrogen-bond acceptors (Lipinski definition) is 5. The van der Waals surface area contributed by atoms with Gasteiger partial charge in [-0.15, -0.1) is 0 Å². The van der Waals surface area contributed by atoms with Crippen molar-refractivity contribution in [3.63, 3.8) is 0 Å². The van der Waals surface area contributed by atoms with E-state index in [0.717, 1.165) is 50.7 Å². The Hall–Kier alpha value is -2.04. The maximum Gasteiger partial charge on any atom is 0.327 e. The van der Waals surface area contributed by atoms with Gasteiger partial charge in [0.2, 0.25) is 0 Å². The normalized spacial score (nSPS) is 21.6. The summed E-state index contributed by atoms with van der Waals surface area (Å²) in [5.74, 6) is -2.47. The van der Waals surface area contributed by atoms with E-state index in [1.807, 2.05) is 0 Å². The van der Waals surface area contributed by atoms with E-state index < -0.39 is 34.3 Å². The molecule has 0 N–H and O–H groups in total. The molecule has 0 heterocycles. The molecule has 0 radical (unpaired) electrons. The molecule has 0 saturated heterocycles. The average Bonchev–Trinajstić information content (AvgIpc) is 2.67. The Bertz CT molecular complexity index is 537. The van der Waals surface area contributed by atoms with Crippen LogP contribution >= 0.6 is 0 Å². The Morgan fingerprint density at radius 3 is 1.24 bits per heavy atom. The maximum atomic E-state index is 12.8. The standard InChI is InChI=1S/C20H26O5/c1-3-15(21)19(11-7-5-8-12-19)17(23)25-18(24)20(16(22)4-2)13-9-6-10-14-20/h3-4H,1-2,5-14H2. The number of carbonyl (C=O) groups is 4. The average molecular weight is 346 g/mol. The van der Waals surface area contributed by atoms with E-state index in [9.17, 15) is 19.2 Å². The molecule has 25 heavy (non-hydrogen) atoms. The molecule has 0 aromatic heterocycles. The van der Waals surface area contributed by atoms with Gasteiger partial charge in [0, 0.05) is 0 Å². The van der Waals surface area contributed by atoms with Gasteiger partial charge in [0.15, 0.2) is 11.6 Å².